The molecule has 1 aliphatic heterocycles. The lowest BCUT2D eigenvalue weighted by atomic mass is 9.99. The highest BCUT2D eigenvalue weighted by molar-refractivity contribution is 5.76. The van der Waals surface area contributed by atoms with Gasteiger partial charge in [-0.3, -0.25) is 4.79 Å². The first kappa shape index (κ1) is 62.1. The van der Waals surface area contributed by atoms with Gasteiger partial charge < -0.3 is 40.3 Å². The SMILES string of the molecule is CC/C=C\C/C=C\C/C=C\C/C=C\C/C=C\CCCCCCCCCCCC(=O)NC(COC1OC(CO)C(O)C(O)C1O)C(O)/C=C/CC/C=C/CC/C=C/CCCCCCCCCCC. The van der Waals surface area contributed by atoms with Gasteiger partial charge in [0.25, 0.3) is 0 Å². The van der Waals surface area contributed by atoms with E-state index >= 15 is 0 Å². The molecule has 6 N–H and O–H groups in total. The molecular weight excluding hydrogens is 839 g/mol. The molecule has 0 aromatic heterocycles. The topological polar surface area (TPSA) is 149 Å². The van der Waals surface area contributed by atoms with Crippen LogP contribution in [0.5, 0.6) is 0 Å². The Morgan fingerprint density at radius 1 is 0.522 bits per heavy atom. The number of carbonyl (C=O) groups is 1. The lowest BCUT2D eigenvalue weighted by Crippen LogP contribution is -2.60. The average molecular weight is 938 g/mol. The van der Waals surface area contributed by atoms with Crippen LogP contribution in [0.25, 0.3) is 0 Å². The third-order valence-electron chi connectivity index (χ3n) is 12.1. The second kappa shape index (κ2) is 46.8. The summed E-state index contributed by atoms with van der Waals surface area (Å²) in [5, 5.41) is 54.4. The zero-order valence-electron chi connectivity index (χ0n) is 42.4. The van der Waals surface area contributed by atoms with Crippen molar-refractivity contribution in [3.63, 3.8) is 0 Å². The minimum atomic E-state index is -1.58. The maximum atomic E-state index is 13.0. The fourth-order valence-electron chi connectivity index (χ4n) is 7.86. The van der Waals surface area contributed by atoms with Gasteiger partial charge in [0.2, 0.25) is 5.91 Å². The van der Waals surface area contributed by atoms with Crippen molar-refractivity contribution in [2.75, 3.05) is 13.2 Å². The van der Waals surface area contributed by atoms with Gasteiger partial charge in [0.1, 0.15) is 24.4 Å². The number of aliphatic hydroxyl groups excluding tert-OH is 5. The molecule has 0 saturated carbocycles. The number of hydrogen-bond donors (Lipinski definition) is 6. The minimum absolute atomic E-state index is 0.201. The van der Waals surface area contributed by atoms with E-state index in [1.165, 1.54) is 89.9 Å². The number of rotatable bonds is 44. The fourth-order valence-corrected chi connectivity index (χ4v) is 7.86. The summed E-state index contributed by atoms with van der Waals surface area (Å²) in [6.07, 6.45) is 60.3. The molecule has 1 aliphatic rings. The number of allylic oxidation sites excluding steroid dienone is 15. The summed E-state index contributed by atoms with van der Waals surface area (Å²) in [4.78, 5) is 13.0. The molecule has 7 atom stereocenters. The summed E-state index contributed by atoms with van der Waals surface area (Å²) in [5.41, 5.74) is 0. The molecule has 0 aromatic rings. The molecule has 0 aromatic carbocycles. The molecule has 7 unspecified atom stereocenters. The van der Waals surface area contributed by atoms with E-state index in [0.29, 0.717) is 6.42 Å². The Bertz CT molecular complexity index is 1370. The minimum Gasteiger partial charge on any atom is -0.394 e. The molecule has 1 heterocycles. The van der Waals surface area contributed by atoms with Crippen LogP contribution in [-0.4, -0.2) is 87.5 Å². The molecular formula is C58H99NO8. The van der Waals surface area contributed by atoms with Crippen LogP contribution >= 0.6 is 0 Å². The van der Waals surface area contributed by atoms with E-state index in [0.717, 1.165) is 96.3 Å². The first-order valence-corrected chi connectivity index (χ1v) is 27.0. The molecule has 1 rings (SSSR count). The van der Waals surface area contributed by atoms with Crippen molar-refractivity contribution in [1.82, 2.24) is 5.32 Å². The molecule has 9 nitrogen and oxygen atoms in total. The van der Waals surface area contributed by atoms with Crippen LogP contribution in [-0.2, 0) is 14.3 Å². The molecule has 1 fully saturated rings. The van der Waals surface area contributed by atoms with Crippen molar-refractivity contribution in [1.29, 1.82) is 0 Å². The van der Waals surface area contributed by atoms with Gasteiger partial charge in [-0.15, -0.1) is 0 Å². The van der Waals surface area contributed by atoms with E-state index < -0.39 is 49.5 Å². The third-order valence-corrected chi connectivity index (χ3v) is 12.1. The van der Waals surface area contributed by atoms with Gasteiger partial charge in [-0.05, 0) is 89.9 Å². The summed E-state index contributed by atoms with van der Waals surface area (Å²) in [6.45, 7) is 3.63. The van der Waals surface area contributed by atoms with Gasteiger partial charge in [-0.2, -0.15) is 0 Å². The number of nitrogens with one attached hydrogen (secondary N) is 1. The van der Waals surface area contributed by atoms with Gasteiger partial charge in [0, 0.05) is 6.42 Å². The molecule has 0 bridgehead atoms. The highest BCUT2D eigenvalue weighted by Gasteiger charge is 2.44. The number of ether oxygens (including phenoxy) is 2. The molecule has 0 aliphatic carbocycles. The van der Waals surface area contributed by atoms with Crippen LogP contribution in [0.1, 0.15) is 206 Å². The quantitative estimate of drug-likeness (QED) is 0.0261. The van der Waals surface area contributed by atoms with E-state index in [1.807, 2.05) is 6.08 Å². The lowest BCUT2D eigenvalue weighted by Gasteiger charge is -2.40. The Balaban J connectivity index is 2.31. The Kier molecular flexibility index (Phi) is 43.4. The Morgan fingerprint density at radius 2 is 0.940 bits per heavy atom. The maximum Gasteiger partial charge on any atom is 0.220 e. The van der Waals surface area contributed by atoms with Crippen LogP contribution in [0.4, 0.5) is 0 Å². The molecule has 384 valence electrons. The number of aliphatic hydroxyl groups is 5. The standard InChI is InChI=1S/C58H99NO8/c1-3-5-7-9-11-13-15-17-19-21-23-24-25-26-27-28-30-32-34-36-38-40-42-44-46-48-54(62)59-51(50-66-58-57(65)56(64)55(63)53(49-60)67-58)52(61)47-45-43-41-39-37-35-33-31-29-22-20-18-16-14-12-10-8-6-4-2/h5,7,11,13,17,19,23-24,26-27,29,31,37,39,45,47,51-53,55-58,60-61,63-65H,3-4,6,8-10,12,14-16,18,20-22,25,28,30,32-36,38,40-44,46,48-50H2,1-2H3,(H,59,62)/b7-5-,13-11-,19-17-,24-23-,27-26-,31-29+,39-37+,47-45+. The van der Waals surface area contributed by atoms with E-state index in [4.69, 9.17) is 9.47 Å². The van der Waals surface area contributed by atoms with Crippen molar-refractivity contribution >= 4 is 5.91 Å². The predicted octanol–water partition coefficient (Wildman–Crippen LogP) is 12.8. The average Bonchev–Trinajstić information content (AvgIpc) is 3.33. The summed E-state index contributed by atoms with van der Waals surface area (Å²) in [7, 11) is 0. The van der Waals surface area contributed by atoms with Crippen LogP contribution in [0.3, 0.4) is 0 Å². The van der Waals surface area contributed by atoms with Crippen molar-refractivity contribution in [3.05, 3.63) is 97.2 Å². The number of hydrogen-bond acceptors (Lipinski definition) is 8. The van der Waals surface area contributed by atoms with Crippen molar-refractivity contribution in [2.24, 2.45) is 0 Å². The van der Waals surface area contributed by atoms with Gasteiger partial charge >= 0.3 is 0 Å². The summed E-state index contributed by atoms with van der Waals surface area (Å²) in [5.74, 6) is -0.201. The van der Waals surface area contributed by atoms with E-state index in [-0.39, 0.29) is 12.5 Å². The van der Waals surface area contributed by atoms with E-state index in [2.05, 4.69) is 104 Å². The molecule has 0 spiro atoms. The second-order valence-electron chi connectivity index (χ2n) is 18.3. The predicted molar refractivity (Wildman–Crippen MR) is 281 cm³/mol. The Morgan fingerprint density at radius 3 is 1.43 bits per heavy atom. The van der Waals surface area contributed by atoms with Gasteiger partial charge in [-0.25, -0.2) is 0 Å². The monoisotopic (exact) mass is 938 g/mol. The van der Waals surface area contributed by atoms with Crippen molar-refractivity contribution in [2.45, 2.75) is 249 Å². The van der Waals surface area contributed by atoms with Crippen LogP contribution < -0.4 is 5.32 Å². The maximum absolute atomic E-state index is 13.0. The van der Waals surface area contributed by atoms with E-state index in [9.17, 15) is 30.3 Å². The second-order valence-corrected chi connectivity index (χ2v) is 18.3. The first-order valence-electron chi connectivity index (χ1n) is 27.0. The molecule has 67 heavy (non-hydrogen) atoms. The van der Waals surface area contributed by atoms with Crippen LogP contribution in [0, 0.1) is 0 Å². The first-order chi connectivity index (χ1) is 32.8. The number of carbonyl (C=O) groups excluding carboxylic acids is 1. The Hall–Kier alpha value is -2.89. The normalized spacial score (nSPS) is 20.5. The smallest absolute Gasteiger partial charge is 0.220 e. The number of amides is 1. The van der Waals surface area contributed by atoms with Gasteiger partial charge in [0.15, 0.2) is 6.29 Å². The highest BCUT2D eigenvalue weighted by Crippen LogP contribution is 2.22. The molecule has 1 saturated heterocycles. The van der Waals surface area contributed by atoms with Crippen LogP contribution in [0.15, 0.2) is 97.2 Å². The largest absolute Gasteiger partial charge is 0.394 e. The Labute approximate surface area is 409 Å². The molecule has 9 heteroatoms. The van der Waals surface area contributed by atoms with Crippen molar-refractivity contribution in [3.8, 4) is 0 Å². The molecule has 1 amide bonds. The molecule has 0 radical (unpaired) electrons. The lowest BCUT2D eigenvalue weighted by molar-refractivity contribution is -0.302. The van der Waals surface area contributed by atoms with Crippen LogP contribution in [0.2, 0.25) is 0 Å². The third kappa shape index (κ3) is 36.7. The van der Waals surface area contributed by atoms with Gasteiger partial charge in [-0.1, -0.05) is 207 Å². The van der Waals surface area contributed by atoms with Crippen molar-refractivity contribution < 1.29 is 39.8 Å². The zero-order chi connectivity index (χ0) is 48.7. The highest BCUT2D eigenvalue weighted by atomic mass is 16.7. The number of unbranched alkanes of at least 4 members (excludes halogenated alkanes) is 20. The zero-order valence-corrected chi connectivity index (χ0v) is 42.4. The summed E-state index contributed by atoms with van der Waals surface area (Å²) >= 11 is 0. The summed E-state index contributed by atoms with van der Waals surface area (Å²) < 4.78 is 11.2. The van der Waals surface area contributed by atoms with Gasteiger partial charge in [0.05, 0.1) is 25.4 Å². The summed E-state index contributed by atoms with van der Waals surface area (Å²) in [6, 6.07) is -0.838. The fraction of sp³-hybridized carbons (Fsp3) is 0.707. The van der Waals surface area contributed by atoms with E-state index in [1.54, 1.807) is 6.08 Å².